The van der Waals surface area contributed by atoms with Gasteiger partial charge < -0.3 is 43.2 Å². The second kappa shape index (κ2) is 29.7. The Hall–Kier alpha value is -12.1. The summed E-state index contributed by atoms with van der Waals surface area (Å²) in [6, 6.07) is 67.8. The number of nitrogens with zero attached hydrogens (tertiary/aromatic N) is 5. The van der Waals surface area contributed by atoms with Gasteiger partial charge in [0.1, 0.15) is 29.7 Å². The number of aromatic nitrogens is 4. The quantitative estimate of drug-likeness (QED) is 0.0276. The van der Waals surface area contributed by atoms with Crippen molar-refractivity contribution in [3.8, 4) is 17.2 Å². The second-order valence-corrected chi connectivity index (χ2v) is 24.6. The van der Waals surface area contributed by atoms with Crippen molar-refractivity contribution in [3.63, 3.8) is 0 Å². The maximum Gasteiger partial charge on any atom is 0.343 e. The number of hydrogen-bond donors (Lipinski definition) is 2. The van der Waals surface area contributed by atoms with Crippen LogP contribution in [0.15, 0.2) is 267 Å². The van der Waals surface area contributed by atoms with Crippen LogP contribution in [-0.2, 0) is 33.6 Å². The van der Waals surface area contributed by atoms with Crippen LogP contribution in [-0.4, -0.2) is 104 Å². The van der Waals surface area contributed by atoms with Gasteiger partial charge in [-0.05, 0) is 139 Å². The smallest absolute Gasteiger partial charge is 0.343 e. The summed E-state index contributed by atoms with van der Waals surface area (Å²) in [5.41, 5.74) is 1.35. The minimum absolute atomic E-state index is 0.000609. The van der Waals surface area contributed by atoms with Crippen molar-refractivity contribution in [2.75, 3.05) is 18.5 Å². The number of fused-ring (bicyclic) bond motifs is 1. The maximum absolute atomic E-state index is 15.3. The molecule has 500 valence electrons. The molecular formula is C76H59N7O16P-. The molecule has 0 spiro atoms. The standard InChI is InChI=1S/C76H60N7O16P/c84-68(49-20-7-1-8-21-49)80-66-63-67(78-47-77-66)82(48-79-63)70-65(99-75(90)54-30-17-6-18-31-54)64(98-74(89)53-28-15-5-16-29-53)62(97-70)46-93-100(91,92)81-69(85)61-32-19-45-83(61)76(55-33-39-58(40-34-55)94-71(86)50-22-9-2-10-23-50,56-35-41-59(42-36-56)95-72(87)51-24-11-3-12-25-51)57-37-43-60(44-38-57)96-73(88)52-26-13-4-14-27-52/h1-18,20-31,33-44,47-48,61-62,64-65,70H,19,32,45-46H2,(H,77,78,80,84)(H2,81,85,91,92)/p-1/t61-,62+,64+,65+,70+/m0/s1. The third kappa shape index (κ3) is 14.6. The molecular weight excluding hydrogens is 1300 g/mol. The van der Waals surface area contributed by atoms with Crippen molar-refractivity contribution < 1.29 is 76.0 Å². The molecule has 9 aromatic carbocycles. The van der Waals surface area contributed by atoms with Gasteiger partial charge in [-0.1, -0.05) is 146 Å². The molecule has 2 N–H and O–H groups in total. The van der Waals surface area contributed by atoms with Gasteiger partial charge in [0, 0.05) is 12.1 Å². The van der Waals surface area contributed by atoms with Gasteiger partial charge in [-0.2, -0.15) is 0 Å². The summed E-state index contributed by atoms with van der Waals surface area (Å²) in [6.07, 6.45) is -3.52. The monoisotopic (exact) mass is 1360 g/mol. The van der Waals surface area contributed by atoms with E-state index in [-0.39, 0.29) is 58.3 Å². The Morgan fingerprint density at radius 1 is 0.500 bits per heavy atom. The fourth-order valence-corrected chi connectivity index (χ4v) is 13.0. The Morgan fingerprint density at radius 2 is 0.900 bits per heavy atom. The number of anilines is 1. The average Bonchev–Trinajstić information content (AvgIpc) is 1.20. The molecule has 11 aromatic rings. The summed E-state index contributed by atoms with van der Waals surface area (Å²) >= 11 is 0. The third-order valence-corrected chi connectivity index (χ3v) is 17.8. The lowest BCUT2D eigenvalue weighted by molar-refractivity contribution is -0.205. The van der Waals surface area contributed by atoms with Crippen LogP contribution in [0, 0.1) is 0 Å². The molecule has 0 saturated carbocycles. The largest absolute Gasteiger partial charge is 0.762 e. The highest BCUT2D eigenvalue weighted by atomic mass is 31.2. The Labute approximate surface area is 571 Å². The number of benzene rings is 9. The Morgan fingerprint density at radius 3 is 1.33 bits per heavy atom. The van der Waals surface area contributed by atoms with Crippen molar-refractivity contribution in [1.82, 2.24) is 29.5 Å². The van der Waals surface area contributed by atoms with Gasteiger partial charge in [-0.3, -0.25) is 28.7 Å². The van der Waals surface area contributed by atoms with E-state index in [9.17, 15) is 38.2 Å². The van der Waals surface area contributed by atoms with Crippen molar-refractivity contribution in [2.45, 2.75) is 49.0 Å². The van der Waals surface area contributed by atoms with E-state index in [2.05, 4.69) is 25.4 Å². The van der Waals surface area contributed by atoms with Crippen LogP contribution in [0.25, 0.3) is 11.2 Å². The van der Waals surface area contributed by atoms with Crippen LogP contribution >= 0.6 is 7.75 Å². The number of rotatable bonds is 22. The number of imidazole rings is 1. The van der Waals surface area contributed by atoms with Crippen LogP contribution in [0.2, 0.25) is 0 Å². The Kier molecular flexibility index (Phi) is 19.8. The van der Waals surface area contributed by atoms with E-state index in [4.69, 9.17) is 32.9 Å². The summed E-state index contributed by atoms with van der Waals surface area (Å²) < 4.78 is 58.3. The molecule has 23 nitrogen and oxygen atoms in total. The van der Waals surface area contributed by atoms with Gasteiger partial charge in [0.15, 0.2) is 35.4 Å². The third-order valence-electron chi connectivity index (χ3n) is 16.8. The Bertz CT molecular complexity index is 4580. The van der Waals surface area contributed by atoms with Crippen LogP contribution in [0.4, 0.5) is 5.82 Å². The minimum Gasteiger partial charge on any atom is -0.762 e. The lowest BCUT2D eigenvalue weighted by Crippen LogP contribution is -2.55. The molecule has 0 aliphatic carbocycles. The molecule has 2 aliphatic heterocycles. The summed E-state index contributed by atoms with van der Waals surface area (Å²) in [5.74, 6) is -4.72. The second-order valence-electron chi connectivity index (χ2n) is 23.1. The zero-order valence-corrected chi connectivity index (χ0v) is 53.7. The number of carbonyl (C=O) groups excluding carboxylic acids is 7. The molecule has 0 radical (unpaired) electrons. The molecule has 2 aromatic heterocycles. The number of carbonyl (C=O) groups is 7. The predicted molar refractivity (Wildman–Crippen MR) is 360 cm³/mol. The molecule has 4 heterocycles. The molecule has 2 amide bonds. The first kappa shape index (κ1) is 66.5. The van der Waals surface area contributed by atoms with Crippen LogP contribution < -0.4 is 29.5 Å². The summed E-state index contributed by atoms with van der Waals surface area (Å²) in [5, 5.41) is 4.92. The number of hydrogen-bond acceptors (Lipinski definition) is 20. The zero-order chi connectivity index (χ0) is 69.2. The van der Waals surface area contributed by atoms with Crippen molar-refractivity contribution in [1.29, 1.82) is 0 Å². The fraction of sp³-hybridized carbons (Fsp3) is 0.132. The highest BCUT2D eigenvalue weighted by Gasteiger charge is 2.53. The van der Waals surface area contributed by atoms with Crippen LogP contribution in [0.5, 0.6) is 17.2 Å². The predicted octanol–water partition coefficient (Wildman–Crippen LogP) is 11.1. The lowest BCUT2D eigenvalue weighted by Gasteiger charge is -2.46. The van der Waals surface area contributed by atoms with Crippen LogP contribution in [0.1, 0.15) is 97.9 Å². The van der Waals surface area contributed by atoms with Gasteiger partial charge in [-0.15, -0.1) is 0 Å². The van der Waals surface area contributed by atoms with E-state index in [0.29, 0.717) is 45.4 Å². The summed E-state index contributed by atoms with van der Waals surface area (Å²) in [4.78, 5) is 127. The fourth-order valence-electron chi connectivity index (χ4n) is 12.1. The number of likely N-dealkylation sites (tertiary alicyclic amines) is 1. The van der Waals surface area contributed by atoms with E-state index in [0.717, 1.165) is 6.33 Å². The molecule has 24 heteroatoms. The van der Waals surface area contributed by atoms with Crippen molar-refractivity contribution >= 4 is 66.4 Å². The van der Waals surface area contributed by atoms with Crippen LogP contribution in [0.3, 0.4) is 0 Å². The van der Waals surface area contributed by atoms with Crippen molar-refractivity contribution in [3.05, 3.63) is 318 Å². The van der Waals surface area contributed by atoms with Gasteiger partial charge in [0.25, 0.3) is 5.91 Å². The number of ether oxygens (including phenoxy) is 6. The van der Waals surface area contributed by atoms with Crippen molar-refractivity contribution in [2.24, 2.45) is 0 Å². The molecule has 13 rings (SSSR count). The normalized spacial score (nSPS) is 17.2. The highest BCUT2D eigenvalue weighted by molar-refractivity contribution is 7.49. The SMILES string of the molecule is O=C(Nc1ncnc2c1ncn2[C@@H]1O[C@H](COP(=O)([O-])NC(=O)[C@@H]2CCCN2C(c2ccc(OC(=O)c3ccccc3)cc2)(c2ccc(OC(=O)c3ccccc3)cc2)c2ccc(OC(=O)c3ccccc3)cc2)[C@@H](OC(=O)c2ccccc2)[C@H]1OC(=O)c1ccccc1)c1ccccc1. The molecule has 2 saturated heterocycles. The van der Waals surface area contributed by atoms with E-state index in [1.165, 1.54) is 35.2 Å². The number of esters is 5. The maximum atomic E-state index is 15.3. The van der Waals surface area contributed by atoms with E-state index < -0.39 is 92.1 Å². The molecule has 2 fully saturated rings. The first-order chi connectivity index (χ1) is 48.7. The van der Waals surface area contributed by atoms with Gasteiger partial charge >= 0.3 is 29.8 Å². The van der Waals surface area contributed by atoms with Gasteiger partial charge in [0.05, 0.1) is 52.3 Å². The number of amides is 2. The first-order valence-electron chi connectivity index (χ1n) is 31.6. The number of nitrogens with one attached hydrogen (secondary N) is 2. The summed E-state index contributed by atoms with van der Waals surface area (Å²) in [6.45, 7) is -0.808. The molecule has 100 heavy (non-hydrogen) atoms. The minimum atomic E-state index is -5.59. The topological polar surface area (TPSA) is 295 Å². The van der Waals surface area contributed by atoms with E-state index in [1.54, 1.807) is 231 Å². The first-order valence-corrected chi connectivity index (χ1v) is 33.1. The summed E-state index contributed by atoms with van der Waals surface area (Å²) in [7, 11) is -5.59. The Balaban J connectivity index is 0.842. The average molecular weight is 1360 g/mol. The van der Waals surface area contributed by atoms with Gasteiger partial charge in [-0.25, -0.2) is 38.9 Å². The van der Waals surface area contributed by atoms with E-state index in [1.807, 2.05) is 4.90 Å². The van der Waals surface area contributed by atoms with Gasteiger partial charge in [0.2, 0.25) is 13.7 Å². The lowest BCUT2D eigenvalue weighted by atomic mass is 9.75. The zero-order valence-electron chi connectivity index (χ0n) is 52.8. The molecule has 2 aliphatic rings. The highest BCUT2D eigenvalue weighted by Crippen LogP contribution is 2.49. The molecule has 6 atom stereocenters. The molecule has 1 unspecified atom stereocenters. The van der Waals surface area contributed by atoms with E-state index >= 15 is 4.79 Å². The molecule has 0 bridgehead atoms.